The van der Waals surface area contributed by atoms with Gasteiger partial charge >= 0.3 is 5.97 Å². The molecule has 0 saturated heterocycles. The molecule has 1 amide bonds. The first kappa shape index (κ1) is 15.0. The maximum absolute atomic E-state index is 12.4. The molecular weight excluding hydrogens is 324 g/mol. The fourth-order valence-corrected chi connectivity index (χ4v) is 3.67. The zero-order valence-corrected chi connectivity index (χ0v) is 13.0. The van der Waals surface area contributed by atoms with E-state index in [1.807, 2.05) is 12.2 Å². The van der Waals surface area contributed by atoms with E-state index in [4.69, 9.17) is 11.6 Å². The van der Waals surface area contributed by atoms with Gasteiger partial charge in [0.05, 0.1) is 22.1 Å². The van der Waals surface area contributed by atoms with E-state index in [0.29, 0.717) is 23.0 Å². The molecule has 0 aliphatic heterocycles. The van der Waals surface area contributed by atoms with Crippen molar-refractivity contribution in [3.63, 3.8) is 0 Å². The molecule has 3 rings (SSSR count). The topological polar surface area (TPSA) is 79.3 Å². The summed E-state index contributed by atoms with van der Waals surface area (Å²) in [4.78, 5) is 27.9. The number of anilines is 1. The van der Waals surface area contributed by atoms with E-state index in [0.717, 1.165) is 10.2 Å². The van der Waals surface area contributed by atoms with Crippen LogP contribution in [0.2, 0.25) is 5.02 Å². The van der Waals surface area contributed by atoms with E-state index in [2.05, 4.69) is 10.3 Å². The Morgan fingerprint density at radius 1 is 1.27 bits per heavy atom. The first-order chi connectivity index (χ1) is 10.5. The number of carboxylic acid groups (broad SMARTS) is 1. The lowest BCUT2D eigenvalue weighted by atomic mass is 9.82. The zero-order valence-electron chi connectivity index (χ0n) is 11.5. The molecule has 2 atom stereocenters. The van der Waals surface area contributed by atoms with Crippen LogP contribution in [0.15, 0.2) is 30.4 Å². The minimum atomic E-state index is -0.944. The van der Waals surface area contributed by atoms with E-state index in [9.17, 15) is 14.7 Å². The van der Waals surface area contributed by atoms with Crippen molar-refractivity contribution in [2.45, 2.75) is 12.8 Å². The number of nitrogens with one attached hydrogen (secondary N) is 1. The van der Waals surface area contributed by atoms with E-state index in [-0.39, 0.29) is 5.91 Å². The highest BCUT2D eigenvalue weighted by Crippen LogP contribution is 2.31. The van der Waals surface area contributed by atoms with Crippen LogP contribution < -0.4 is 5.32 Å². The third-order valence-corrected chi connectivity index (χ3v) is 4.84. The summed E-state index contributed by atoms with van der Waals surface area (Å²) < 4.78 is 0.876. The molecule has 7 heteroatoms. The Balaban J connectivity index is 1.80. The lowest BCUT2D eigenvalue weighted by molar-refractivity contribution is -0.146. The van der Waals surface area contributed by atoms with Gasteiger partial charge in [0.2, 0.25) is 5.91 Å². The Morgan fingerprint density at radius 3 is 2.73 bits per heavy atom. The van der Waals surface area contributed by atoms with Crippen LogP contribution in [0.3, 0.4) is 0 Å². The second kappa shape index (κ2) is 6.06. The van der Waals surface area contributed by atoms with Crippen LogP contribution in [0, 0.1) is 11.8 Å². The highest BCUT2D eigenvalue weighted by Gasteiger charge is 2.34. The minimum absolute atomic E-state index is 0.304. The maximum atomic E-state index is 12.4. The molecule has 0 bridgehead atoms. The number of carbonyl (C=O) groups excluding carboxylic acids is 1. The van der Waals surface area contributed by atoms with Crippen LogP contribution in [-0.2, 0) is 9.59 Å². The number of aliphatic carboxylic acids is 1. The Kier molecular flexibility index (Phi) is 4.13. The van der Waals surface area contributed by atoms with Crippen molar-refractivity contribution in [2.24, 2.45) is 11.8 Å². The van der Waals surface area contributed by atoms with E-state index >= 15 is 0 Å². The lowest BCUT2D eigenvalue weighted by Crippen LogP contribution is -2.34. The molecule has 5 nitrogen and oxygen atoms in total. The molecule has 0 fully saturated rings. The summed E-state index contributed by atoms with van der Waals surface area (Å²) in [5.41, 5.74) is 0.753. The molecule has 0 spiro atoms. The van der Waals surface area contributed by atoms with Crippen LogP contribution in [0.25, 0.3) is 10.2 Å². The maximum Gasteiger partial charge on any atom is 0.307 e. The van der Waals surface area contributed by atoms with Gasteiger partial charge in [0.15, 0.2) is 5.13 Å². The molecule has 0 unspecified atom stereocenters. The van der Waals surface area contributed by atoms with Crippen molar-refractivity contribution < 1.29 is 14.7 Å². The van der Waals surface area contributed by atoms with Crippen molar-refractivity contribution in [2.75, 3.05) is 5.32 Å². The smallest absolute Gasteiger partial charge is 0.307 e. The largest absolute Gasteiger partial charge is 0.481 e. The van der Waals surface area contributed by atoms with Gasteiger partial charge in [-0.2, -0.15) is 0 Å². The zero-order chi connectivity index (χ0) is 15.7. The summed E-state index contributed by atoms with van der Waals surface area (Å²) in [7, 11) is 0. The van der Waals surface area contributed by atoms with Gasteiger partial charge in [0, 0.05) is 5.02 Å². The minimum Gasteiger partial charge on any atom is -0.481 e. The van der Waals surface area contributed by atoms with Gasteiger partial charge in [0.1, 0.15) is 0 Å². The first-order valence-corrected chi connectivity index (χ1v) is 7.99. The number of allylic oxidation sites excluding steroid dienone is 2. The second-order valence-corrected chi connectivity index (χ2v) is 6.58. The van der Waals surface area contributed by atoms with Gasteiger partial charge < -0.3 is 10.4 Å². The SMILES string of the molecule is O=C(O)[C@H]1CC=CC[C@@H]1C(=O)Nc1nc2ccc(Cl)cc2s1. The van der Waals surface area contributed by atoms with Crippen LogP contribution in [0.5, 0.6) is 0 Å². The Bertz CT molecular complexity index is 771. The third kappa shape index (κ3) is 2.98. The number of aromatic nitrogens is 1. The number of thiazole rings is 1. The normalized spacial score (nSPS) is 21.0. The Labute approximate surface area is 135 Å². The number of fused-ring (bicyclic) bond motifs is 1. The lowest BCUT2D eigenvalue weighted by Gasteiger charge is -2.23. The fraction of sp³-hybridized carbons (Fsp3) is 0.267. The number of rotatable bonds is 3. The number of hydrogen-bond acceptors (Lipinski definition) is 4. The monoisotopic (exact) mass is 336 g/mol. The fourth-order valence-electron chi connectivity index (χ4n) is 2.53. The van der Waals surface area contributed by atoms with Crippen molar-refractivity contribution in [3.8, 4) is 0 Å². The molecule has 0 radical (unpaired) electrons. The molecule has 1 heterocycles. The summed E-state index contributed by atoms with van der Waals surface area (Å²) in [6.07, 6.45) is 4.46. The summed E-state index contributed by atoms with van der Waals surface area (Å²) in [5.74, 6) is -2.51. The van der Waals surface area contributed by atoms with Gasteiger partial charge in [0.25, 0.3) is 0 Å². The third-order valence-electron chi connectivity index (χ3n) is 3.67. The number of amides is 1. The van der Waals surface area contributed by atoms with Crippen molar-refractivity contribution in [1.82, 2.24) is 4.98 Å². The quantitative estimate of drug-likeness (QED) is 0.840. The molecule has 1 aromatic carbocycles. The number of halogens is 1. The molecule has 1 aromatic heterocycles. The van der Waals surface area contributed by atoms with Gasteiger partial charge in [-0.3, -0.25) is 9.59 Å². The number of nitrogens with zero attached hydrogens (tertiary/aromatic N) is 1. The van der Waals surface area contributed by atoms with Crippen LogP contribution in [0.1, 0.15) is 12.8 Å². The van der Waals surface area contributed by atoms with Gasteiger partial charge in [-0.05, 0) is 31.0 Å². The molecule has 1 aliphatic carbocycles. The summed E-state index contributed by atoms with van der Waals surface area (Å²) in [5, 5.41) is 13.0. The van der Waals surface area contributed by atoms with E-state index in [1.54, 1.807) is 18.2 Å². The van der Waals surface area contributed by atoms with Gasteiger partial charge in [-0.25, -0.2) is 4.98 Å². The highest BCUT2D eigenvalue weighted by molar-refractivity contribution is 7.22. The van der Waals surface area contributed by atoms with Crippen molar-refractivity contribution >= 4 is 50.2 Å². The van der Waals surface area contributed by atoms with Gasteiger partial charge in [-0.1, -0.05) is 35.1 Å². The molecule has 2 aromatic rings. The average molecular weight is 337 g/mol. The van der Waals surface area contributed by atoms with Crippen LogP contribution in [-0.4, -0.2) is 22.0 Å². The number of benzene rings is 1. The Morgan fingerprint density at radius 2 is 2.00 bits per heavy atom. The highest BCUT2D eigenvalue weighted by atomic mass is 35.5. The number of carbonyl (C=O) groups is 2. The molecule has 22 heavy (non-hydrogen) atoms. The summed E-state index contributed by atoms with van der Waals surface area (Å²) in [6, 6.07) is 5.31. The van der Waals surface area contributed by atoms with E-state index < -0.39 is 17.8 Å². The standard InChI is InChI=1S/C15H13ClN2O3S/c16-8-5-6-11-12(7-8)22-15(17-11)18-13(19)9-3-1-2-4-10(9)14(20)21/h1-2,5-7,9-10H,3-4H2,(H,20,21)(H,17,18,19)/t9-,10-/m0/s1. The van der Waals surface area contributed by atoms with Crippen molar-refractivity contribution in [3.05, 3.63) is 35.4 Å². The number of hydrogen-bond donors (Lipinski definition) is 2. The van der Waals surface area contributed by atoms with Crippen molar-refractivity contribution in [1.29, 1.82) is 0 Å². The molecular formula is C15H13ClN2O3S. The predicted octanol–water partition coefficient (Wildman–Crippen LogP) is 3.56. The second-order valence-electron chi connectivity index (χ2n) is 5.11. The predicted molar refractivity (Wildman–Crippen MR) is 86.2 cm³/mol. The average Bonchev–Trinajstić information content (AvgIpc) is 2.88. The van der Waals surface area contributed by atoms with Crippen LogP contribution >= 0.6 is 22.9 Å². The van der Waals surface area contributed by atoms with Crippen LogP contribution in [0.4, 0.5) is 5.13 Å². The summed E-state index contributed by atoms with van der Waals surface area (Å²) >= 11 is 7.25. The van der Waals surface area contributed by atoms with E-state index in [1.165, 1.54) is 11.3 Å². The van der Waals surface area contributed by atoms with Gasteiger partial charge in [-0.15, -0.1) is 0 Å². The molecule has 0 saturated carbocycles. The first-order valence-electron chi connectivity index (χ1n) is 6.79. The Hall–Kier alpha value is -1.92. The number of carboxylic acids is 1. The molecule has 1 aliphatic rings. The molecule has 2 N–H and O–H groups in total. The molecule has 114 valence electrons. The summed E-state index contributed by atoms with van der Waals surface area (Å²) in [6.45, 7) is 0.